The molecule has 0 unspecified atom stereocenters. The molecule has 2 radical (unpaired) electrons. The first-order chi connectivity index (χ1) is 5.72. The van der Waals surface area contributed by atoms with Gasteiger partial charge in [-0.15, -0.1) is 0 Å². The normalized spacial score (nSPS) is 9.09. The van der Waals surface area contributed by atoms with Gasteiger partial charge in [0, 0.05) is 18.4 Å². The third kappa shape index (κ3) is 2.50. The molecular weight excluding hydrogens is 203 g/mol. The van der Waals surface area contributed by atoms with E-state index < -0.39 is 0 Å². The first kappa shape index (κ1) is 8.53. The Kier molecular flexibility index (Phi) is 3.37. The summed E-state index contributed by atoms with van der Waals surface area (Å²) >= 11 is 3.28. The Morgan fingerprint density at radius 3 is 2.45 bits per heavy atom. The molecule has 56 valence electrons. The number of Topliss-reactive ketones (excluding diaryl/α,β-unsaturated/α-hetero) is 1. The van der Waals surface area contributed by atoms with Crippen LogP contribution in [0.1, 0.15) is 17.3 Å². The summed E-state index contributed by atoms with van der Waals surface area (Å²) in [4.78, 5) is 10.8. The lowest BCUT2D eigenvalue weighted by atomic mass is 10.2. The van der Waals surface area contributed by atoms with Crippen molar-refractivity contribution in [2.75, 3.05) is 0 Å². The van der Waals surface area contributed by atoms with E-state index in [0.29, 0.717) is 0 Å². The monoisotopic (exact) mass is 212 g/mol. The van der Waals surface area contributed by atoms with Crippen LogP contribution in [-0.2, 0) is 0 Å². The van der Waals surface area contributed by atoms with Gasteiger partial charge in [0.25, 0.3) is 0 Å². The summed E-state index contributed by atoms with van der Waals surface area (Å²) in [6.07, 6.45) is 0. The van der Waals surface area contributed by atoms with Crippen LogP contribution in [-0.4, -0.2) is 15.5 Å². The van der Waals surface area contributed by atoms with E-state index in [1.807, 2.05) is 18.2 Å². The van der Waals surface area contributed by atoms with Gasteiger partial charge in [-0.25, -0.2) is 0 Å². The molecule has 0 amide bonds. The molecule has 0 atom stereocenters. The molecule has 0 aromatic heterocycles. The average Bonchev–Trinajstić information content (AvgIpc) is 2.08. The van der Waals surface area contributed by atoms with Crippen LogP contribution in [0.2, 0.25) is 0 Å². The van der Waals surface area contributed by atoms with Gasteiger partial charge < -0.3 is 0 Å². The molecule has 0 heterocycles. The second-order valence-electron chi connectivity index (χ2n) is 2.04. The van der Waals surface area contributed by atoms with Gasteiger partial charge in [-0.2, -0.15) is 0 Å². The summed E-state index contributed by atoms with van der Waals surface area (Å²) in [6, 6.07) is 7.39. The predicted molar refractivity (Wildman–Crippen MR) is 51.3 cm³/mol. The zero-order chi connectivity index (χ0) is 9.56. The van der Waals surface area contributed by atoms with Crippen molar-refractivity contribution >= 4 is 30.1 Å². The molecule has 1 rings (SSSR count). The summed E-state index contributed by atoms with van der Waals surface area (Å²) in [5.74, 6) is 0.0903. The van der Waals surface area contributed by atoms with Crippen molar-refractivity contribution in [3.05, 3.63) is 34.3 Å². The fraction of sp³-hybridized carbons (Fsp3) is 0.125. The Labute approximate surface area is 77.9 Å². The number of hydrogen-bond acceptors (Lipinski definition) is 1. The van der Waals surface area contributed by atoms with E-state index >= 15 is 0 Å². The van der Waals surface area contributed by atoms with E-state index in [0.717, 1.165) is 10.0 Å². The fourth-order valence-corrected chi connectivity index (χ4v) is 1.31. The van der Waals surface area contributed by atoms with Crippen LogP contribution in [0.15, 0.2) is 28.7 Å². The number of carbonyl (C=O) groups is 1. The molecule has 0 aliphatic rings. The van der Waals surface area contributed by atoms with Gasteiger partial charge in [-0.05, 0) is 14.3 Å². The first-order valence-corrected chi connectivity index (χ1v) is 3.76. The smallest absolute Gasteiger partial charge is 0.160 e. The van der Waals surface area contributed by atoms with Gasteiger partial charge in [-0.3, -0.25) is 4.79 Å². The van der Waals surface area contributed by atoms with Crippen LogP contribution in [0.5, 0.6) is 0 Å². The molecule has 0 N–H and O–H groups in total. The number of hydrogen-bond donors (Lipinski definition) is 0. The van der Waals surface area contributed by atoms with Crippen molar-refractivity contribution in [2.24, 2.45) is 0 Å². The van der Waals surface area contributed by atoms with E-state index in [1.165, 1.54) is 0 Å². The van der Waals surface area contributed by atoms with E-state index in [1.54, 1.807) is 13.0 Å². The van der Waals surface area contributed by atoms with E-state index in [9.17, 15) is 4.79 Å². The van der Waals surface area contributed by atoms with Gasteiger partial charge >= 0.3 is 0 Å². The Balaban J connectivity index is 0.000000561. The third-order valence-corrected chi connectivity index (χ3v) is 1.94. The van der Waals surface area contributed by atoms with Crippen molar-refractivity contribution in [3.8, 4) is 0 Å². The van der Waals surface area contributed by atoms with Crippen molar-refractivity contribution in [2.45, 2.75) is 6.92 Å². The predicted octanol–water partition coefficient (Wildman–Crippen LogP) is 2.00. The number of carbonyl (C=O) groups excluding carboxylic acids is 1. The molecule has 1 aromatic carbocycles. The average molecular weight is 213 g/mol. The van der Waals surface area contributed by atoms with Crippen LogP contribution in [0.25, 0.3) is 0 Å². The lowest BCUT2D eigenvalue weighted by Gasteiger charge is -1.96. The van der Waals surface area contributed by atoms with Crippen molar-refractivity contribution in [1.29, 1.82) is 1.34 Å². The van der Waals surface area contributed by atoms with Crippen LogP contribution < -0.4 is 0 Å². The molecule has 0 aliphatic heterocycles. The summed E-state index contributed by atoms with van der Waals surface area (Å²) in [6.45, 7) is 1.56. The van der Waals surface area contributed by atoms with Crippen molar-refractivity contribution in [1.82, 2.24) is 0 Å². The topological polar surface area (TPSA) is 17.1 Å². The highest BCUT2D eigenvalue weighted by molar-refractivity contribution is 9.10. The van der Waals surface area contributed by atoms with Crippen LogP contribution in [0.4, 0.5) is 0 Å². The molecule has 0 saturated heterocycles. The molecule has 0 bridgehead atoms. The SMILES string of the molecule is CC(=O)c1ccccc1Br.[3H][B]. The fourth-order valence-electron chi connectivity index (χ4n) is 0.747. The van der Waals surface area contributed by atoms with E-state index in [2.05, 4.69) is 24.3 Å². The van der Waals surface area contributed by atoms with Gasteiger partial charge in [0.2, 0.25) is 0 Å². The Bertz CT molecular complexity index is 265. The largest absolute Gasteiger partial charge is 0.294 e. The lowest BCUT2D eigenvalue weighted by molar-refractivity contribution is 0.101. The molecule has 0 saturated carbocycles. The van der Waals surface area contributed by atoms with Gasteiger partial charge in [0.15, 0.2) is 5.78 Å². The minimum Gasteiger partial charge on any atom is -0.294 e. The summed E-state index contributed by atoms with van der Waals surface area (Å²) in [7, 11) is 3.75. The Morgan fingerprint density at radius 2 is 2.09 bits per heavy atom. The maximum absolute atomic E-state index is 10.8. The van der Waals surface area contributed by atoms with Gasteiger partial charge in [0.05, 0.1) is 0 Å². The highest BCUT2D eigenvalue weighted by atomic mass is 79.9. The molecule has 11 heavy (non-hydrogen) atoms. The van der Waals surface area contributed by atoms with Crippen LogP contribution in [0, 0.1) is 0 Å². The lowest BCUT2D eigenvalue weighted by Crippen LogP contribution is -1.91. The zero-order valence-corrected chi connectivity index (χ0v) is 7.76. The quantitative estimate of drug-likeness (QED) is 0.514. The molecule has 1 nitrogen and oxygen atoms in total. The van der Waals surface area contributed by atoms with Crippen LogP contribution >= 0.6 is 15.9 Å². The number of halogens is 1. The summed E-state index contributed by atoms with van der Waals surface area (Å²) in [5.41, 5.74) is 0.738. The number of ketones is 1. The van der Waals surface area contributed by atoms with E-state index in [-0.39, 0.29) is 5.78 Å². The summed E-state index contributed by atoms with van der Waals surface area (Å²) in [5, 5.41) is 0. The number of rotatable bonds is 1. The van der Waals surface area contributed by atoms with Crippen molar-refractivity contribution < 1.29 is 4.79 Å². The second kappa shape index (κ2) is 4.34. The highest BCUT2D eigenvalue weighted by Gasteiger charge is 2.01. The Morgan fingerprint density at radius 1 is 1.55 bits per heavy atom. The van der Waals surface area contributed by atoms with E-state index in [4.69, 9.17) is 1.34 Å². The first-order valence-electron chi connectivity index (χ1n) is 3.55. The minimum absolute atomic E-state index is 0.0903. The Hall–Kier alpha value is -0.565. The molecule has 0 spiro atoms. The number of benzene rings is 1. The highest BCUT2D eigenvalue weighted by Crippen LogP contribution is 2.15. The molecule has 0 fully saturated rings. The van der Waals surface area contributed by atoms with Crippen LogP contribution in [0.3, 0.4) is 0 Å². The maximum Gasteiger partial charge on any atom is 0.160 e. The van der Waals surface area contributed by atoms with Gasteiger partial charge in [0.1, 0.15) is 0 Å². The third-order valence-electron chi connectivity index (χ3n) is 1.25. The zero-order valence-electron chi connectivity index (χ0n) is 7.17. The molecule has 0 aliphatic carbocycles. The molecule has 1 aromatic rings. The van der Waals surface area contributed by atoms with Gasteiger partial charge in [-0.1, -0.05) is 34.1 Å². The molecule has 3 heteroatoms. The second-order valence-corrected chi connectivity index (χ2v) is 2.89. The maximum atomic E-state index is 10.8. The summed E-state index contributed by atoms with van der Waals surface area (Å²) < 4.78 is 6.11. The standard InChI is InChI=1S/C8H7BrO.BH/c1-6(10)7-4-2-3-5-8(7)9;/h2-5H,1H3;1H/i;1T. The minimum atomic E-state index is 0.0903. The van der Waals surface area contributed by atoms with Crippen molar-refractivity contribution in [3.63, 3.8) is 0 Å². The molecular formula is C8H8BBrO.